The number of pyridine rings is 1. The van der Waals surface area contributed by atoms with Gasteiger partial charge in [-0.15, -0.1) is 0 Å². The molecule has 0 aliphatic carbocycles. The van der Waals surface area contributed by atoms with Crippen molar-refractivity contribution in [3.05, 3.63) is 72.7 Å². The smallest absolute Gasteiger partial charge is 0.408 e. The lowest BCUT2D eigenvalue weighted by atomic mass is 9.91. The molecule has 8 nitrogen and oxygen atoms in total. The van der Waals surface area contributed by atoms with Gasteiger partial charge in [0.1, 0.15) is 23.4 Å². The molecule has 0 spiro atoms. The Morgan fingerprint density at radius 1 is 1.08 bits per heavy atom. The van der Waals surface area contributed by atoms with Gasteiger partial charge in [-0.25, -0.2) is 14.8 Å². The molecule has 0 saturated carbocycles. The van der Waals surface area contributed by atoms with E-state index in [1.165, 1.54) is 6.33 Å². The van der Waals surface area contributed by atoms with Gasteiger partial charge in [0.2, 0.25) is 0 Å². The fourth-order valence-electron chi connectivity index (χ4n) is 5.01. The van der Waals surface area contributed by atoms with E-state index >= 15 is 0 Å². The van der Waals surface area contributed by atoms with E-state index in [4.69, 9.17) is 15.5 Å². The molecule has 8 heteroatoms. The van der Waals surface area contributed by atoms with Crippen LogP contribution in [-0.2, 0) is 11.3 Å². The molecule has 3 aromatic heterocycles. The number of aromatic nitrogens is 4. The number of carbonyl (C=O) groups excluding carboxylic acids is 1. The number of benzene rings is 2. The second kappa shape index (κ2) is 8.05. The van der Waals surface area contributed by atoms with Gasteiger partial charge in [0.15, 0.2) is 0 Å². The molecule has 1 atom stereocenters. The Balaban J connectivity index is 1.58. The summed E-state index contributed by atoms with van der Waals surface area (Å²) in [7, 11) is 0. The van der Waals surface area contributed by atoms with Crippen LogP contribution in [0.3, 0.4) is 0 Å². The lowest BCUT2D eigenvalue weighted by Crippen LogP contribution is -2.38. The summed E-state index contributed by atoms with van der Waals surface area (Å²) in [5.41, 5.74) is 12.3. The van der Waals surface area contributed by atoms with E-state index in [9.17, 15) is 4.79 Å². The molecule has 3 N–H and O–H groups in total. The van der Waals surface area contributed by atoms with Crippen molar-refractivity contribution in [2.45, 2.75) is 39.0 Å². The van der Waals surface area contributed by atoms with Crippen molar-refractivity contribution in [2.75, 3.05) is 5.73 Å². The van der Waals surface area contributed by atoms with Crippen LogP contribution < -0.4 is 11.1 Å². The van der Waals surface area contributed by atoms with E-state index in [2.05, 4.69) is 32.0 Å². The molecule has 180 valence electrons. The minimum Gasteiger partial charge on any atom is -0.444 e. The minimum absolute atomic E-state index is 0.307. The van der Waals surface area contributed by atoms with Gasteiger partial charge in [-0.1, -0.05) is 42.5 Å². The van der Waals surface area contributed by atoms with Gasteiger partial charge in [0, 0.05) is 34.8 Å². The fourth-order valence-corrected chi connectivity index (χ4v) is 5.01. The van der Waals surface area contributed by atoms with Gasteiger partial charge >= 0.3 is 6.09 Å². The third kappa shape index (κ3) is 3.62. The Bertz CT molecular complexity index is 1650. The minimum atomic E-state index is -0.596. The molecule has 4 heterocycles. The summed E-state index contributed by atoms with van der Waals surface area (Å²) >= 11 is 0. The molecular weight excluding hydrogens is 452 g/mol. The maximum Gasteiger partial charge on any atom is 0.408 e. The lowest BCUT2D eigenvalue weighted by molar-refractivity contribution is 0.0498. The van der Waals surface area contributed by atoms with Crippen molar-refractivity contribution in [3.8, 4) is 22.4 Å². The number of nitrogens with one attached hydrogen (secondary N) is 1. The molecular formula is C28H26N6O2. The molecule has 0 radical (unpaired) electrons. The number of ether oxygens (including phenoxy) is 1. The predicted molar refractivity (Wildman–Crippen MR) is 140 cm³/mol. The zero-order valence-electron chi connectivity index (χ0n) is 20.3. The van der Waals surface area contributed by atoms with E-state index in [-0.39, 0.29) is 6.04 Å². The Hall–Kier alpha value is -4.46. The first-order valence-electron chi connectivity index (χ1n) is 11.9. The number of carbonyl (C=O) groups is 1. The first kappa shape index (κ1) is 22.0. The molecule has 1 aliphatic rings. The number of amides is 1. The van der Waals surface area contributed by atoms with E-state index < -0.39 is 11.7 Å². The molecule has 2 aromatic carbocycles. The Morgan fingerprint density at radius 3 is 2.69 bits per heavy atom. The number of hydrogen-bond donors (Lipinski definition) is 2. The van der Waals surface area contributed by atoms with Crippen molar-refractivity contribution in [2.24, 2.45) is 0 Å². The third-order valence-corrected chi connectivity index (χ3v) is 6.40. The van der Waals surface area contributed by atoms with Crippen LogP contribution in [0.1, 0.15) is 32.4 Å². The maximum atomic E-state index is 12.7. The summed E-state index contributed by atoms with van der Waals surface area (Å²) in [5, 5.41) is 4.87. The van der Waals surface area contributed by atoms with Crippen LogP contribution in [0.4, 0.5) is 10.6 Å². The van der Waals surface area contributed by atoms with Crippen LogP contribution in [-0.4, -0.2) is 31.2 Å². The first-order valence-corrected chi connectivity index (χ1v) is 11.9. The summed E-state index contributed by atoms with van der Waals surface area (Å²) in [6.45, 7) is 6.02. The van der Waals surface area contributed by atoms with Crippen molar-refractivity contribution >= 4 is 33.8 Å². The number of para-hydroxylation sites is 1. The molecule has 0 fully saturated rings. The average molecular weight is 479 g/mol. The Morgan fingerprint density at radius 2 is 1.86 bits per heavy atom. The van der Waals surface area contributed by atoms with Gasteiger partial charge in [-0.2, -0.15) is 0 Å². The van der Waals surface area contributed by atoms with Crippen LogP contribution >= 0.6 is 0 Å². The topological polar surface area (TPSA) is 108 Å². The second-order valence-corrected chi connectivity index (χ2v) is 9.99. The number of rotatable bonds is 2. The highest BCUT2D eigenvalue weighted by Crippen LogP contribution is 2.47. The molecule has 5 aromatic rings. The van der Waals surface area contributed by atoms with Crippen molar-refractivity contribution < 1.29 is 9.53 Å². The Kier molecular flexibility index (Phi) is 4.93. The van der Waals surface area contributed by atoms with E-state index in [1.807, 2.05) is 69.4 Å². The zero-order chi connectivity index (χ0) is 25.0. The standard InChI is InChI=1S/C28H26N6O2/c1-28(2,3)36-27(35)33-21-14-34-24(19-10-6-5-9-18(19)21)22(23-25(29)31-15-32-26(23)34)17-12-16-8-4-7-11-20(16)30-13-17/h4-13,15,21H,14H2,1-3H3,(H,33,35)(H2,29,31,32). The van der Waals surface area contributed by atoms with Gasteiger partial charge in [0.05, 0.1) is 22.6 Å². The van der Waals surface area contributed by atoms with Crippen molar-refractivity contribution in [1.29, 1.82) is 0 Å². The summed E-state index contributed by atoms with van der Waals surface area (Å²) in [4.78, 5) is 26.3. The molecule has 1 unspecified atom stereocenters. The summed E-state index contributed by atoms with van der Waals surface area (Å²) in [5.74, 6) is 0.402. The number of anilines is 1. The van der Waals surface area contributed by atoms with Crippen LogP contribution in [0.5, 0.6) is 0 Å². The fraction of sp³-hybridized carbons (Fsp3) is 0.214. The molecule has 36 heavy (non-hydrogen) atoms. The SMILES string of the molecule is CC(C)(C)OC(=O)NC1Cn2c(c(-c3cnc4ccccc4c3)c3c(N)ncnc32)-c2ccccc21. The van der Waals surface area contributed by atoms with Crippen LogP contribution in [0.2, 0.25) is 0 Å². The number of nitrogen functional groups attached to an aromatic ring is 1. The van der Waals surface area contributed by atoms with Gasteiger partial charge in [0.25, 0.3) is 0 Å². The summed E-state index contributed by atoms with van der Waals surface area (Å²) in [6, 6.07) is 17.9. The highest BCUT2D eigenvalue weighted by Gasteiger charge is 2.33. The van der Waals surface area contributed by atoms with Crippen molar-refractivity contribution in [1.82, 2.24) is 24.8 Å². The molecule has 1 amide bonds. The predicted octanol–water partition coefficient (Wildman–Crippen LogP) is 5.48. The van der Waals surface area contributed by atoms with Gasteiger partial charge in [-0.05, 0) is 38.5 Å². The van der Waals surface area contributed by atoms with E-state index in [0.29, 0.717) is 18.0 Å². The largest absolute Gasteiger partial charge is 0.444 e. The highest BCUT2D eigenvalue weighted by molar-refractivity contribution is 6.09. The number of fused-ring (bicyclic) bond motifs is 6. The van der Waals surface area contributed by atoms with Crippen LogP contribution in [0, 0.1) is 0 Å². The van der Waals surface area contributed by atoms with Crippen molar-refractivity contribution in [3.63, 3.8) is 0 Å². The molecule has 0 saturated heterocycles. The highest BCUT2D eigenvalue weighted by atomic mass is 16.6. The average Bonchev–Trinajstić information content (AvgIpc) is 3.18. The quantitative estimate of drug-likeness (QED) is 0.348. The summed E-state index contributed by atoms with van der Waals surface area (Å²) in [6.07, 6.45) is 2.89. The monoisotopic (exact) mass is 478 g/mol. The van der Waals surface area contributed by atoms with Crippen LogP contribution in [0.15, 0.2) is 67.1 Å². The maximum absolute atomic E-state index is 12.7. The number of nitrogens with zero attached hydrogens (tertiary/aromatic N) is 4. The molecule has 6 rings (SSSR count). The number of nitrogens with two attached hydrogens (primary N) is 1. The number of alkyl carbamates (subject to hydrolysis) is 1. The third-order valence-electron chi connectivity index (χ3n) is 6.40. The van der Waals surface area contributed by atoms with Gasteiger partial charge in [-0.3, -0.25) is 4.98 Å². The normalized spacial score (nSPS) is 14.9. The Labute approximate surface area is 208 Å². The van der Waals surface area contributed by atoms with E-state index in [1.54, 1.807) is 0 Å². The molecule has 0 bridgehead atoms. The van der Waals surface area contributed by atoms with Crippen LogP contribution in [0.25, 0.3) is 44.3 Å². The first-order chi connectivity index (χ1) is 17.3. The lowest BCUT2D eigenvalue weighted by Gasteiger charge is -2.30. The number of hydrogen-bond acceptors (Lipinski definition) is 6. The zero-order valence-corrected chi connectivity index (χ0v) is 20.3. The molecule has 1 aliphatic heterocycles. The van der Waals surface area contributed by atoms with E-state index in [0.717, 1.165) is 44.2 Å². The summed E-state index contributed by atoms with van der Waals surface area (Å²) < 4.78 is 7.67. The second-order valence-electron chi connectivity index (χ2n) is 9.99. The van der Waals surface area contributed by atoms with Gasteiger partial charge < -0.3 is 20.4 Å².